The van der Waals surface area contributed by atoms with Gasteiger partial charge in [0, 0.05) is 22.9 Å². The van der Waals surface area contributed by atoms with Crippen LogP contribution in [0.4, 0.5) is 17.1 Å². The monoisotopic (exact) mass is 489 g/mol. The molecule has 0 spiro atoms. The van der Waals surface area contributed by atoms with Gasteiger partial charge in [0.2, 0.25) is 0 Å². The number of hydrogen-bond acceptors (Lipinski definition) is 5. The van der Waals surface area contributed by atoms with Gasteiger partial charge in [0.05, 0.1) is 5.69 Å². The average molecular weight is 490 g/mol. The number of thiophene rings is 1. The molecule has 2 heterocycles. The van der Waals surface area contributed by atoms with Gasteiger partial charge in [0.1, 0.15) is 4.21 Å². The molecule has 32 heavy (non-hydrogen) atoms. The summed E-state index contributed by atoms with van der Waals surface area (Å²) in [4.78, 5) is 24.8. The van der Waals surface area contributed by atoms with E-state index in [-0.39, 0.29) is 4.21 Å². The molecule has 0 saturated heterocycles. The highest BCUT2D eigenvalue weighted by molar-refractivity contribution is 7.94. The second-order valence-electron chi connectivity index (χ2n) is 7.28. The van der Waals surface area contributed by atoms with Crippen LogP contribution >= 0.6 is 22.9 Å². The van der Waals surface area contributed by atoms with E-state index in [4.69, 9.17) is 11.6 Å². The molecule has 0 radical (unpaired) electrons. The highest BCUT2D eigenvalue weighted by Crippen LogP contribution is 2.35. The predicted octanol–water partition coefficient (Wildman–Crippen LogP) is 4.43. The Morgan fingerprint density at radius 3 is 2.59 bits per heavy atom. The minimum Gasteiger partial charge on any atom is -0.318 e. The molecular weight excluding hydrogens is 470 g/mol. The lowest BCUT2D eigenvalue weighted by atomic mass is 10.0. The van der Waals surface area contributed by atoms with E-state index in [0.29, 0.717) is 40.6 Å². The average Bonchev–Trinajstić information content (AvgIpc) is 3.32. The van der Waals surface area contributed by atoms with Gasteiger partial charge in [0.15, 0.2) is 0 Å². The summed E-state index contributed by atoms with van der Waals surface area (Å²) in [5.74, 6) is -1.72. The van der Waals surface area contributed by atoms with E-state index < -0.39 is 21.8 Å². The summed E-state index contributed by atoms with van der Waals surface area (Å²) < 4.78 is 27.8. The van der Waals surface area contributed by atoms with Crippen molar-refractivity contribution in [3.05, 3.63) is 70.1 Å². The molecule has 2 aromatic carbocycles. The largest absolute Gasteiger partial charge is 0.318 e. The fraction of sp³-hybridized carbons (Fsp3) is 0.182. The van der Waals surface area contributed by atoms with E-state index in [2.05, 4.69) is 10.6 Å². The van der Waals surface area contributed by atoms with Crippen LogP contribution in [0.15, 0.2) is 58.1 Å². The highest BCUT2D eigenvalue weighted by Gasteiger charge is 2.30. The summed E-state index contributed by atoms with van der Waals surface area (Å²) in [6.45, 7) is 2.08. The van der Waals surface area contributed by atoms with Crippen molar-refractivity contribution < 1.29 is 18.0 Å². The first-order chi connectivity index (χ1) is 15.3. The minimum atomic E-state index is -3.70. The molecule has 3 aromatic rings. The van der Waals surface area contributed by atoms with Gasteiger partial charge in [-0.05, 0) is 66.6 Å². The number of anilines is 3. The lowest BCUT2D eigenvalue weighted by Gasteiger charge is -2.30. The number of nitrogens with zero attached hydrogens (tertiary/aromatic N) is 1. The lowest BCUT2D eigenvalue weighted by Crippen LogP contribution is -2.35. The first-order valence-corrected chi connectivity index (χ1v) is 12.5. The number of aryl methyl sites for hydroxylation is 1. The number of sulfonamides is 1. The smallest absolute Gasteiger partial charge is 0.314 e. The number of fused-ring (bicyclic) bond motifs is 1. The maximum absolute atomic E-state index is 13.1. The Hall–Kier alpha value is -2.88. The van der Waals surface area contributed by atoms with Gasteiger partial charge >= 0.3 is 11.8 Å². The Bertz CT molecular complexity index is 1290. The molecule has 0 atom stereocenters. The molecule has 0 saturated carbocycles. The molecule has 0 fully saturated rings. The van der Waals surface area contributed by atoms with Gasteiger partial charge in [-0.1, -0.05) is 29.8 Å². The van der Waals surface area contributed by atoms with Crippen molar-refractivity contribution in [2.45, 2.75) is 24.0 Å². The van der Waals surface area contributed by atoms with E-state index in [0.717, 1.165) is 23.3 Å². The summed E-state index contributed by atoms with van der Waals surface area (Å²) in [6, 6.07) is 13.3. The second-order valence-corrected chi connectivity index (χ2v) is 10.7. The van der Waals surface area contributed by atoms with Gasteiger partial charge in [-0.25, -0.2) is 8.42 Å². The molecule has 7 nitrogen and oxygen atoms in total. The van der Waals surface area contributed by atoms with Crippen LogP contribution in [0.2, 0.25) is 5.02 Å². The first-order valence-electron chi connectivity index (χ1n) is 9.84. The van der Waals surface area contributed by atoms with Gasteiger partial charge < -0.3 is 10.6 Å². The SMILES string of the molecule is Cc1c(Cl)cccc1NC(=O)C(=O)Nc1ccc2c(c1)N(S(=O)(=O)c1cccs1)CCC2. The Morgan fingerprint density at radius 1 is 1.06 bits per heavy atom. The summed E-state index contributed by atoms with van der Waals surface area (Å²) in [7, 11) is -3.70. The maximum atomic E-state index is 13.1. The van der Waals surface area contributed by atoms with Crippen molar-refractivity contribution in [1.82, 2.24) is 0 Å². The minimum absolute atomic E-state index is 0.260. The number of carbonyl (C=O) groups excluding carboxylic acids is 2. The van der Waals surface area contributed by atoms with Crippen molar-refractivity contribution in [2.75, 3.05) is 21.5 Å². The van der Waals surface area contributed by atoms with Crippen molar-refractivity contribution in [2.24, 2.45) is 0 Å². The Labute approximate surface area is 195 Å². The topological polar surface area (TPSA) is 95.6 Å². The number of rotatable bonds is 4. The zero-order chi connectivity index (χ0) is 22.9. The predicted molar refractivity (Wildman–Crippen MR) is 127 cm³/mol. The number of carbonyl (C=O) groups is 2. The van der Waals surface area contributed by atoms with Gasteiger partial charge in [0.25, 0.3) is 10.0 Å². The number of amides is 2. The van der Waals surface area contributed by atoms with Gasteiger partial charge in [-0.15, -0.1) is 11.3 Å². The molecule has 1 aromatic heterocycles. The molecule has 166 valence electrons. The van der Waals surface area contributed by atoms with Crippen LogP contribution < -0.4 is 14.9 Å². The number of hydrogen-bond donors (Lipinski definition) is 2. The number of benzene rings is 2. The van der Waals surface area contributed by atoms with Crippen LogP contribution in [-0.4, -0.2) is 26.8 Å². The first kappa shape index (κ1) is 22.3. The van der Waals surface area contributed by atoms with E-state index in [1.807, 2.05) is 0 Å². The Morgan fingerprint density at radius 2 is 1.84 bits per heavy atom. The Balaban J connectivity index is 1.55. The zero-order valence-corrected chi connectivity index (χ0v) is 19.5. The zero-order valence-electron chi connectivity index (χ0n) is 17.1. The summed E-state index contributed by atoms with van der Waals surface area (Å²) in [5.41, 5.74) is 2.80. The fourth-order valence-electron chi connectivity index (χ4n) is 3.50. The molecule has 4 rings (SSSR count). The van der Waals surface area contributed by atoms with Crippen molar-refractivity contribution in [1.29, 1.82) is 0 Å². The van der Waals surface area contributed by atoms with Gasteiger partial charge in [-0.3, -0.25) is 13.9 Å². The molecular formula is C22H20ClN3O4S2. The van der Waals surface area contributed by atoms with Crippen LogP contribution in [-0.2, 0) is 26.0 Å². The third-order valence-electron chi connectivity index (χ3n) is 5.18. The molecule has 1 aliphatic rings. The second kappa shape index (κ2) is 8.93. The van der Waals surface area contributed by atoms with Crippen LogP contribution in [0.3, 0.4) is 0 Å². The molecule has 2 N–H and O–H groups in total. The van der Waals surface area contributed by atoms with E-state index >= 15 is 0 Å². The van der Waals surface area contributed by atoms with E-state index in [1.54, 1.807) is 60.8 Å². The lowest BCUT2D eigenvalue weighted by molar-refractivity contribution is -0.133. The third kappa shape index (κ3) is 4.36. The van der Waals surface area contributed by atoms with Crippen LogP contribution in [0.25, 0.3) is 0 Å². The number of nitrogens with one attached hydrogen (secondary N) is 2. The molecule has 0 aliphatic carbocycles. The molecule has 0 unspecified atom stereocenters. The van der Waals surface area contributed by atoms with Crippen LogP contribution in [0, 0.1) is 6.92 Å². The quantitative estimate of drug-likeness (QED) is 0.530. The number of halogens is 1. The fourth-order valence-corrected chi connectivity index (χ4v) is 6.31. The summed E-state index contributed by atoms with van der Waals surface area (Å²) >= 11 is 7.21. The third-order valence-corrected chi connectivity index (χ3v) is 8.78. The molecule has 1 aliphatic heterocycles. The molecule has 2 amide bonds. The summed E-state index contributed by atoms with van der Waals surface area (Å²) in [6.07, 6.45) is 1.43. The molecule has 0 bridgehead atoms. The van der Waals surface area contributed by atoms with Crippen molar-refractivity contribution in [3.8, 4) is 0 Å². The van der Waals surface area contributed by atoms with E-state index in [1.165, 1.54) is 4.31 Å². The van der Waals surface area contributed by atoms with Crippen LogP contribution in [0.5, 0.6) is 0 Å². The standard InChI is InChI=1S/C22H20ClN3O4S2/c1-14-17(23)6-2-7-18(14)25-22(28)21(27)24-16-10-9-15-5-3-11-26(19(15)13-16)32(29,30)20-8-4-12-31-20/h2,4,6-10,12-13H,3,5,11H2,1H3,(H,24,27)(H,25,28). The summed E-state index contributed by atoms with van der Waals surface area (Å²) in [5, 5.41) is 7.29. The van der Waals surface area contributed by atoms with Crippen molar-refractivity contribution >= 4 is 61.8 Å². The highest BCUT2D eigenvalue weighted by atomic mass is 35.5. The molecule has 10 heteroatoms. The van der Waals surface area contributed by atoms with E-state index in [9.17, 15) is 18.0 Å². The maximum Gasteiger partial charge on any atom is 0.314 e. The van der Waals surface area contributed by atoms with Crippen molar-refractivity contribution in [3.63, 3.8) is 0 Å². The normalized spacial score (nSPS) is 13.4. The van der Waals surface area contributed by atoms with Gasteiger partial charge in [-0.2, -0.15) is 0 Å². The Kier molecular flexibility index (Phi) is 6.23. The van der Waals surface area contributed by atoms with Crippen LogP contribution in [0.1, 0.15) is 17.5 Å².